The summed E-state index contributed by atoms with van der Waals surface area (Å²) in [6.45, 7) is 3.35. The van der Waals surface area contributed by atoms with Gasteiger partial charge in [-0.15, -0.1) is 0 Å². The Kier molecular flexibility index (Phi) is 6.31. The Labute approximate surface area is 203 Å². The van der Waals surface area contributed by atoms with E-state index in [2.05, 4.69) is 52.6 Å². The van der Waals surface area contributed by atoms with Crippen molar-refractivity contribution in [2.24, 2.45) is 0 Å². The van der Waals surface area contributed by atoms with Gasteiger partial charge in [-0.2, -0.15) is 0 Å². The molecule has 0 amide bonds. The van der Waals surface area contributed by atoms with E-state index in [1.54, 1.807) is 11.8 Å². The summed E-state index contributed by atoms with van der Waals surface area (Å²) < 4.78 is 20.5. The smallest absolute Gasteiger partial charge is 0.407 e. The second kappa shape index (κ2) is 8.51. The van der Waals surface area contributed by atoms with Crippen LogP contribution in [0.1, 0.15) is 26.3 Å². The van der Waals surface area contributed by atoms with Gasteiger partial charge in [-0.1, -0.05) is 76.5 Å². The third-order valence-electron chi connectivity index (χ3n) is 4.39. The predicted octanol–water partition coefficient (Wildman–Crippen LogP) is 8.74. The first-order valence-electron chi connectivity index (χ1n) is 9.18. The van der Waals surface area contributed by atoms with Crippen LogP contribution in [-0.4, -0.2) is 0 Å². The van der Waals surface area contributed by atoms with Gasteiger partial charge in [0, 0.05) is 20.8 Å². The summed E-state index contributed by atoms with van der Waals surface area (Å²) in [6, 6.07) is 19.5. The maximum absolute atomic E-state index is 6.20. The molecule has 0 saturated heterocycles. The van der Waals surface area contributed by atoms with Crippen molar-refractivity contribution >= 4 is 62.1 Å². The molecule has 156 valence electrons. The zero-order valence-corrected chi connectivity index (χ0v) is 22.2. The normalized spacial score (nSPS) is 15.0. The van der Waals surface area contributed by atoms with Crippen molar-refractivity contribution in [1.82, 2.24) is 0 Å². The van der Waals surface area contributed by atoms with Gasteiger partial charge in [0.1, 0.15) is 17.2 Å². The highest BCUT2D eigenvalue weighted by atomic mass is 79.9. The lowest BCUT2D eigenvalue weighted by atomic mass is 9.87. The first kappa shape index (κ1) is 22.2. The molecule has 0 spiro atoms. The zero-order valence-electron chi connectivity index (χ0n) is 16.5. The number of hydrogen-bond donors (Lipinski definition) is 0. The van der Waals surface area contributed by atoms with E-state index in [1.165, 1.54) is 5.56 Å². The summed E-state index contributed by atoms with van der Waals surface area (Å²) >= 11 is 14.5. The standard InChI is InChI=1S/C22H19Br2O3PS2/c1-22(2,3)14-4-8-17(9-5-14)25-28(29)26-18-10-6-15(23)12-20(18)30-21-13-16(24)7-11-19(21)27-28/h4-13H,1-3H3. The number of hydrogen-bond acceptors (Lipinski definition) is 5. The Balaban J connectivity index is 1.74. The SMILES string of the molecule is CC(C)(C)c1ccc(OP2(=S)Oc3ccc(Br)cc3Sc3cc(Br)ccc3O2)cc1. The van der Waals surface area contributed by atoms with E-state index < -0.39 is 6.72 Å². The minimum atomic E-state index is -3.17. The van der Waals surface area contributed by atoms with Gasteiger partial charge in [0.05, 0.1) is 9.79 Å². The molecule has 0 N–H and O–H groups in total. The molecule has 0 aliphatic carbocycles. The first-order valence-corrected chi connectivity index (χ1v) is 14.1. The minimum absolute atomic E-state index is 0.0580. The molecule has 3 aromatic carbocycles. The van der Waals surface area contributed by atoms with Gasteiger partial charge in [-0.25, -0.2) is 0 Å². The van der Waals surface area contributed by atoms with Gasteiger partial charge >= 0.3 is 6.72 Å². The average Bonchev–Trinajstić information content (AvgIpc) is 2.65. The van der Waals surface area contributed by atoms with Gasteiger partial charge in [0.2, 0.25) is 0 Å². The van der Waals surface area contributed by atoms with E-state index in [1.807, 2.05) is 60.7 Å². The highest BCUT2D eigenvalue weighted by molar-refractivity contribution is 9.10. The molecule has 0 fully saturated rings. The summed E-state index contributed by atoms with van der Waals surface area (Å²) in [5.74, 6) is 1.91. The van der Waals surface area contributed by atoms with Gasteiger partial charge in [0.15, 0.2) is 0 Å². The summed E-state index contributed by atoms with van der Waals surface area (Å²) in [7, 11) is 0. The van der Waals surface area contributed by atoms with E-state index in [-0.39, 0.29) is 5.41 Å². The number of benzene rings is 3. The van der Waals surface area contributed by atoms with Crippen molar-refractivity contribution < 1.29 is 13.6 Å². The van der Waals surface area contributed by atoms with E-state index in [4.69, 9.17) is 25.4 Å². The van der Waals surface area contributed by atoms with E-state index in [9.17, 15) is 0 Å². The Morgan fingerprint density at radius 3 is 1.80 bits per heavy atom. The predicted molar refractivity (Wildman–Crippen MR) is 134 cm³/mol. The van der Waals surface area contributed by atoms with Crippen molar-refractivity contribution in [3.63, 3.8) is 0 Å². The Hall–Kier alpha value is -0.980. The Morgan fingerprint density at radius 1 is 0.833 bits per heavy atom. The lowest BCUT2D eigenvalue weighted by Gasteiger charge is -2.27. The van der Waals surface area contributed by atoms with E-state index >= 15 is 0 Å². The van der Waals surface area contributed by atoms with Crippen molar-refractivity contribution in [2.75, 3.05) is 0 Å². The highest BCUT2D eigenvalue weighted by Crippen LogP contribution is 2.57. The van der Waals surface area contributed by atoms with Crippen molar-refractivity contribution in [3.05, 3.63) is 75.2 Å². The fourth-order valence-electron chi connectivity index (χ4n) is 2.83. The summed E-state index contributed by atoms with van der Waals surface area (Å²) in [5, 5.41) is 0. The molecule has 0 saturated carbocycles. The average molecular weight is 586 g/mol. The maximum Gasteiger partial charge on any atom is 0.490 e. The number of halogens is 2. The van der Waals surface area contributed by atoms with Gasteiger partial charge < -0.3 is 13.6 Å². The van der Waals surface area contributed by atoms with Crippen molar-refractivity contribution in [2.45, 2.75) is 36.0 Å². The van der Waals surface area contributed by atoms with Crippen LogP contribution in [0.15, 0.2) is 79.4 Å². The lowest BCUT2D eigenvalue weighted by molar-refractivity contribution is 0.375. The first-order chi connectivity index (χ1) is 14.1. The van der Waals surface area contributed by atoms with E-state index in [0.717, 1.165) is 18.7 Å². The second-order valence-electron chi connectivity index (χ2n) is 7.78. The van der Waals surface area contributed by atoms with Crippen LogP contribution in [0, 0.1) is 0 Å². The van der Waals surface area contributed by atoms with Gasteiger partial charge in [-0.05, 0) is 59.5 Å². The summed E-state index contributed by atoms with van der Waals surface area (Å²) in [4.78, 5) is 1.88. The molecule has 30 heavy (non-hydrogen) atoms. The molecule has 8 heteroatoms. The fraction of sp³-hybridized carbons (Fsp3) is 0.182. The van der Waals surface area contributed by atoms with Gasteiger partial charge in [-0.3, -0.25) is 0 Å². The molecule has 4 rings (SSSR count). The molecular formula is C22H19Br2O3PS2. The van der Waals surface area contributed by atoms with Crippen LogP contribution in [0.2, 0.25) is 0 Å². The van der Waals surface area contributed by atoms with Crippen LogP contribution in [-0.2, 0) is 17.2 Å². The van der Waals surface area contributed by atoms with Crippen molar-refractivity contribution in [3.8, 4) is 17.2 Å². The molecule has 0 radical (unpaired) electrons. The molecule has 0 aromatic heterocycles. The number of rotatable bonds is 2. The molecule has 0 bridgehead atoms. The van der Waals surface area contributed by atoms with Gasteiger partial charge in [0.25, 0.3) is 0 Å². The third-order valence-corrected chi connectivity index (χ3v) is 8.40. The lowest BCUT2D eigenvalue weighted by Crippen LogP contribution is -2.11. The van der Waals surface area contributed by atoms with Crippen LogP contribution >= 0.6 is 50.3 Å². The van der Waals surface area contributed by atoms with Crippen LogP contribution in [0.5, 0.6) is 17.2 Å². The quantitative estimate of drug-likeness (QED) is 0.280. The Bertz CT molecular complexity index is 1090. The molecule has 1 aliphatic heterocycles. The van der Waals surface area contributed by atoms with E-state index in [0.29, 0.717) is 17.2 Å². The van der Waals surface area contributed by atoms with Crippen LogP contribution in [0.3, 0.4) is 0 Å². The monoisotopic (exact) mass is 584 g/mol. The molecule has 3 nitrogen and oxygen atoms in total. The molecule has 1 heterocycles. The Morgan fingerprint density at radius 2 is 1.33 bits per heavy atom. The summed E-state index contributed by atoms with van der Waals surface area (Å²) in [5.41, 5.74) is 1.27. The zero-order chi connectivity index (χ0) is 21.5. The molecule has 3 aromatic rings. The second-order valence-corrected chi connectivity index (χ2v) is 13.5. The third kappa shape index (κ3) is 5.08. The highest BCUT2D eigenvalue weighted by Gasteiger charge is 2.31. The largest absolute Gasteiger partial charge is 0.490 e. The minimum Gasteiger partial charge on any atom is -0.407 e. The van der Waals surface area contributed by atoms with Crippen molar-refractivity contribution in [1.29, 1.82) is 0 Å². The topological polar surface area (TPSA) is 27.7 Å². The number of fused-ring (bicyclic) bond motifs is 2. The maximum atomic E-state index is 6.20. The summed E-state index contributed by atoms with van der Waals surface area (Å²) in [6.07, 6.45) is 0. The van der Waals surface area contributed by atoms with Crippen LogP contribution in [0.4, 0.5) is 0 Å². The fourth-order valence-corrected chi connectivity index (χ4v) is 7.04. The van der Waals surface area contributed by atoms with Crippen LogP contribution in [0.25, 0.3) is 0 Å². The van der Waals surface area contributed by atoms with Crippen LogP contribution < -0.4 is 13.6 Å². The molecule has 0 atom stereocenters. The molecule has 0 unspecified atom stereocenters. The molecular weight excluding hydrogens is 567 g/mol. The molecule has 1 aliphatic rings.